The van der Waals surface area contributed by atoms with Crippen molar-refractivity contribution in [2.45, 2.75) is 13.5 Å². The van der Waals surface area contributed by atoms with E-state index in [0.29, 0.717) is 12.5 Å². The monoisotopic (exact) mass is 285 g/mol. The highest BCUT2D eigenvalue weighted by molar-refractivity contribution is 7.11. The number of anilines is 2. The molecular weight excluding hydrogens is 270 g/mol. The van der Waals surface area contributed by atoms with E-state index in [-0.39, 0.29) is 0 Å². The molecule has 0 amide bonds. The first-order valence-corrected chi connectivity index (χ1v) is 7.17. The van der Waals surface area contributed by atoms with Gasteiger partial charge in [-0.15, -0.1) is 11.3 Å². The standard InChI is InChI=1S/C14H15N5S/c1-9-7-16-12(20-9)8-17-13-10-5-3-4-6-11(10)18-14(15-2)19-13/h3-7H,8H2,1-2H3,(H2,15,17,18,19). The number of aromatic nitrogens is 3. The summed E-state index contributed by atoms with van der Waals surface area (Å²) in [5.74, 6) is 1.44. The molecule has 0 bridgehead atoms. The Labute approximate surface area is 121 Å². The Morgan fingerprint density at radius 1 is 1.20 bits per heavy atom. The van der Waals surface area contributed by atoms with Crippen molar-refractivity contribution >= 4 is 34.0 Å². The third kappa shape index (κ3) is 2.55. The lowest BCUT2D eigenvalue weighted by Gasteiger charge is -2.09. The molecule has 2 N–H and O–H groups in total. The minimum Gasteiger partial charge on any atom is -0.363 e. The highest BCUT2D eigenvalue weighted by Crippen LogP contribution is 2.22. The second-order valence-electron chi connectivity index (χ2n) is 4.38. The van der Waals surface area contributed by atoms with E-state index in [2.05, 4.69) is 32.5 Å². The van der Waals surface area contributed by atoms with E-state index in [0.717, 1.165) is 21.7 Å². The molecule has 1 aromatic carbocycles. The molecule has 2 heterocycles. The minimum atomic E-state index is 0.613. The summed E-state index contributed by atoms with van der Waals surface area (Å²) < 4.78 is 0. The van der Waals surface area contributed by atoms with Crippen molar-refractivity contribution in [2.75, 3.05) is 17.7 Å². The van der Waals surface area contributed by atoms with Crippen LogP contribution in [0.4, 0.5) is 11.8 Å². The van der Waals surface area contributed by atoms with Crippen LogP contribution < -0.4 is 10.6 Å². The van der Waals surface area contributed by atoms with Crippen molar-refractivity contribution < 1.29 is 0 Å². The lowest BCUT2D eigenvalue weighted by Crippen LogP contribution is -2.05. The predicted octanol–water partition coefficient (Wildman–Crippen LogP) is 3.05. The largest absolute Gasteiger partial charge is 0.363 e. The van der Waals surface area contributed by atoms with Gasteiger partial charge in [0.15, 0.2) is 0 Å². The van der Waals surface area contributed by atoms with Crippen LogP contribution >= 0.6 is 11.3 Å². The average Bonchev–Trinajstić information content (AvgIpc) is 2.90. The fourth-order valence-electron chi connectivity index (χ4n) is 1.97. The van der Waals surface area contributed by atoms with Crippen molar-refractivity contribution in [3.8, 4) is 0 Å². The first-order chi connectivity index (χ1) is 9.76. The molecule has 0 unspecified atom stereocenters. The van der Waals surface area contributed by atoms with Gasteiger partial charge in [-0.1, -0.05) is 12.1 Å². The van der Waals surface area contributed by atoms with Gasteiger partial charge in [-0.05, 0) is 19.1 Å². The molecule has 5 nitrogen and oxygen atoms in total. The molecule has 0 spiro atoms. The second-order valence-corrected chi connectivity index (χ2v) is 5.70. The van der Waals surface area contributed by atoms with Gasteiger partial charge in [0, 0.05) is 23.5 Å². The second kappa shape index (κ2) is 5.42. The van der Waals surface area contributed by atoms with Crippen LogP contribution in [0.1, 0.15) is 9.88 Å². The maximum atomic E-state index is 4.48. The zero-order valence-corrected chi connectivity index (χ0v) is 12.2. The van der Waals surface area contributed by atoms with Gasteiger partial charge < -0.3 is 10.6 Å². The Morgan fingerprint density at radius 2 is 2.05 bits per heavy atom. The van der Waals surface area contributed by atoms with Crippen LogP contribution in [-0.2, 0) is 6.54 Å². The highest BCUT2D eigenvalue weighted by atomic mass is 32.1. The first kappa shape index (κ1) is 12.8. The molecule has 20 heavy (non-hydrogen) atoms. The number of nitrogens with zero attached hydrogens (tertiary/aromatic N) is 3. The van der Waals surface area contributed by atoms with E-state index < -0.39 is 0 Å². The Hall–Kier alpha value is -2.21. The topological polar surface area (TPSA) is 62.7 Å². The van der Waals surface area contributed by atoms with Crippen molar-refractivity contribution in [2.24, 2.45) is 0 Å². The summed E-state index contributed by atoms with van der Waals surface area (Å²) in [6.07, 6.45) is 1.89. The number of hydrogen-bond acceptors (Lipinski definition) is 6. The number of benzene rings is 1. The van der Waals surface area contributed by atoms with E-state index in [1.165, 1.54) is 4.88 Å². The van der Waals surface area contributed by atoms with Crippen LogP contribution in [0.2, 0.25) is 0 Å². The maximum absolute atomic E-state index is 4.48. The SMILES string of the molecule is CNc1nc(NCc2ncc(C)s2)c2ccccc2n1. The van der Waals surface area contributed by atoms with Crippen LogP contribution in [0.5, 0.6) is 0 Å². The molecule has 3 aromatic rings. The summed E-state index contributed by atoms with van der Waals surface area (Å²) in [5.41, 5.74) is 0.921. The van der Waals surface area contributed by atoms with Crippen molar-refractivity contribution in [3.63, 3.8) is 0 Å². The van der Waals surface area contributed by atoms with Gasteiger partial charge >= 0.3 is 0 Å². The number of hydrogen-bond donors (Lipinski definition) is 2. The highest BCUT2D eigenvalue weighted by Gasteiger charge is 2.07. The molecule has 0 saturated heterocycles. The Morgan fingerprint density at radius 3 is 2.80 bits per heavy atom. The zero-order valence-electron chi connectivity index (χ0n) is 11.3. The van der Waals surface area contributed by atoms with Gasteiger partial charge in [0.1, 0.15) is 10.8 Å². The summed E-state index contributed by atoms with van der Waals surface area (Å²) in [5, 5.41) is 8.40. The Balaban J connectivity index is 1.93. The summed E-state index contributed by atoms with van der Waals surface area (Å²) in [7, 11) is 1.82. The fraction of sp³-hybridized carbons (Fsp3) is 0.214. The van der Waals surface area contributed by atoms with Crippen LogP contribution in [0.15, 0.2) is 30.5 Å². The number of thiazole rings is 1. The summed E-state index contributed by atoms with van der Waals surface area (Å²) in [6.45, 7) is 2.73. The molecule has 0 aliphatic rings. The third-order valence-electron chi connectivity index (χ3n) is 2.90. The summed E-state index contributed by atoms with van der Waals surface area (Å²) in [4.78, 5) is 14.5. The normalized spacial score (nSPS) is 10.7. The van der Waals surface area contributed by atoms with E-state index >= 15 is 0 Å². The van der Waals surface area contributed by atoms with Crippen molar-refractivity contribution in [1.29, 1.82) is 0 Å². The van der Waals surface area contributed by atoms with E-state index in [9.17, 15) is 0 Å². The van der Waals surface area contributed by atoms with E-state index in [1.807, 2.05) is 37.5 Å². The van der Waals surface area contributed by atoms with E-state index in [1.54, 1.807) is 11.3 Å². The molecule has 6 heteroatoms. The third-order valence-corrected chi connectivity index (χ3v) is 3.82. The predicted molar refractivity (Wildman–Crippen MR) is 83.3 cm³/mol. The number of para-hydroxylation sites is 1. The van der Waals surface area contributed by atoms with Gasteiger partial charge in [-0.3, -0.25) is 0 Å². The van der Waals surface area contributed by atoms with Crippen LogP contribution in [0, 0.1) is 6.92 Å². The minimum absolute atomic E-state index is 0.613. The average molecular weight is 285 g/mol. The smallest absolute Gasteiger partial charge is 0.224 e. The number of rotatable bonds is 4. The Kier molecular flexibility index (Phi) is 3.47. The molecule has 0 aliphatic carbocycles. The van der Waals surface area contributed by atoms with Gasteiger partial charge in [0.2, 0.25) is 5.95 Å². The lowest BCUT2D eigenvalue weighted by atomic mass is 10.2. The number of nitrogens with one attached hydrogen (secondary N) is 2. The molecule has 0 fully saturated rings. The molecule has 0 radical (unpaired) electrons. The quantitative estimate of drug-likeness (QED) is 0.771. The van der Waals surface area contributed by atoms with Gasteiger partial charge in [-0.25, -0.2) is 9.97 Å². The number of fused-ring (bicyclic) bond motifs is 1. The lowest BCUT2D eigenvalue weighted by molar-refractivity contribution is 1.07. The number of aryl methyl sites for hydroxylation is 1. The van der Waals surface area contributed by atoms with Crippen LogP contribution in [-0.4, -0.2) is 22.0 Å². The summed E-state index contributed by atoms with van der Waals surface area (Å²) in [6, 6.07) is 7.97. The fourth-order valence-corrected chi connectivity index (χ4v) is 2.69. The van der Waals surface area contributed by atoms with Gasteiger partial charge in [0.25, 0.3) is 0 Å². The van der Waals surface area contributed by atoms with Crippen molar-refractivity contribution in [1.82, 2.24) is 15.0 Å². The summed E-state index contributed by atoms with van der Waals surface area (Å²) >= 11 is 1.69. The van der Waals surface area contributed by atoms with Gasteiger partial charge in [0.05, 0.1) is 12.1 Å². The molecule has 102 valence electrons. The maximum Gasteiger partial charge on any atom is 0.224 e. The molecular formula is C14H15N5S. The molecule has 0 saturated carbocycles. The van der Waals surface area contributed by atoms with Crippen LogP contribution in [0.3, 0.4) is 0 Å². The van der Waals surface area contributed by atoms with Gasteiger partial charge in [-0.2, -0.15) is 4.98 Å². The molecule has 2 aromatic heterocycles. The zero-order chi connectivity index (χ0) is 13.9. The molecule has 0 aliphatic heterocycles. The van der Waals surface area contributed by atoms with Crippen molar-refractivity contribution in [3.05, 3.63) is 40.3 Å². The Bertz CT molecular complexity index is 737. The molecule has 3 rings (SSSR count). The molecule has 0 atom stereocenters. The van der Waals surface area contributed by atoms with Crippen LogP contribution in [0.25, 0.3) is 10.9 Å². The van der Waals surface area contributed by atoms with E-state index in [4.69, 9.17) is 0 Å². The first-order valence-electron chi connectivity index (χ1n) is 6.36.